The number of hydrogen-bond donors (Lipinski definition) is 2. The van der Waals surface area contributed by atoms with Gasteiger partial charge in [0.15, 0.2) is 6.61 Å². The second kappa shape index (κ2) is 7.65. The van der Waals surface area contributed by atoms with Crippen molar-refractivity contribution in [3.63, 3.8) is 0 Å². The molecule has 0 aliphatic carbocycles. The highest BCUT2D eigenvalue weighted by molar-refractivity contribution is 9.10. The van der Waals surface area contributed by atoms with E-state index in [1.807, 2.05) is 12.1 Å². The molecule has 0 saturated carbocycles. The minimum atomic E-state index is -0.429. The van der Waals surface area contributed by atoms with E-state index in [-0.39, 0.29) is 18.7 Å². The van der Waals surface area contributed by atoms with Crippen molar-refractivity contribution in [3.05, 3.63) is 52.5 Å². The monoisotopic (exact) mass is 419 g/mol. The first-order chi connectivity index (χ1) is 12.5. The molecule has 8 heteroatoms. The molecule has 2 aromatic rings. The number of fused-ring (bicyclic) bond motifs is 1. The lowest BCUT2D eigenvalue weighted by Gasteiger charge is -2.35. The number of methoxy groups -OCH3 is 1. The van der Waals surface area contributed by atoms with Gasteiger partial charge in [0, 0.05) is 10.2 Å². The van der Waals surface area contributed by atoms with Gasteiger partial charge < -0.3 is 14.8 Å². The number of benzene rings is 2. The summed E-state index contributed by atoms with van der Waals surface area (Å²) in [6, 6.07) is 12.3. The maximum atomic E-state index is 12.7. The van der Waals surface area contributed by atoms with Crippen LogP contribution in [-0.2, 0) is 4.79 Å². The van der Waals surface area contributed by atoms with Crippen LogP contribution in [0.5, 0.6) is 11.5 Å². The summed E-state index contributed by atoms with van der Waals surface area (Å²) in [5.41, 5.74) is 3.80. The van der Waals surface area contributed by atoms with E-state index >= 15 is 0 Å². The Morgan fingerprint density at radius 1 is 1.23 bits per heavy atom. The molecule has 0 spiro atoms. The van der Waals surface area contributed by atoms with Gasteiger partial charge in [-0.1, -0.05) is 15.9 Å². The molecule has 2 amide bonds. The number of halogens is 1. The Balaban J connectivity index is 1.62. The van der Waals surface area contributed by atoms with E-state index in [1.54, 1.807) is 44.4 Å². The van der Waals surface area contributed by atoms with Crippen LogP contribution in [0.4, 0.5) is 5.69 Å². The van der Waals surface area contributed by atoms with Crippen LogP contribution < -0.4 is 20.2 Å². The molecule has 136 valence electrons. The van der Waals surface area contributed by atoms with Crippen molar-refractivity contribution in [1.82, 2.24) is 10.4 Å². The lowest BCUT2D eigenvalue weighted by molar-refractivity contribution is -0.127. The number of ether oxygens (including phenoxy) is 2. The Labute approximate surface area is 159 Å². The Morgan fingerprint density at radius 2 is 1.92 bits per heavy atom. The second-order valence-corrected chi connectivity index (χ2v) is 6.60. The molecule has 2 aromatic carbocycles. The van der Waals surface area contributed by atoms with Crippen molar-refractivity contribution >= 4 is 33.4 Å². The number of carbonyl (C=O) groups is 2. The maximum Gasteiger partial charge on any atom is 0.276 e. The third kappa shape index (κ3) is 3.91. The van der Waals surface area contributed by atoms with Crippen molar-refractivity contribution in [3.8, 4) is 11.5 Å². The van der Waals surface area contributed by atoms with Crippen molar-refractivity contribution in [1.29, 1.82) is 0 Å². The van der Waals surface area contributed by atoms with Gasteiger partial charge in [-0.3, -0.25) is 15.0 Å². The number of rotatable bonds is 5. The van der Waals surface area contributed by atoms with Crippen molar-refractivity contribution in [2.45, 2.75) is 13.1 Å². The van der Waals surface area contributed by atoms with E-state index in [0.29, 0.717) is 17.1 Å². The minimum absolute atomic E-state index is 0.214. The third-order valence-corrected chi connectivity index (χ3v) is 4.35. The van der Waals surface area contributed by atoms with Gasteiger partial charge in [-0.25, -0.2) is 5.01 Å². The van der Waals surface area contributed by atoms with Gasteiger partial charge in [0.1, 0.15) is 17.7 Å². The highest BCUT2D eigenvalue weighted by atomic mass is 79.9. The summed E-state index contributed by atoms with van der Waals surface area (Å²) in [4.78, 5) is 24.8. The van der Waals surface area contributed by atoms with E-state index in [0.717, 1.165) is 10.2 Å². The van der Waals surface area contributed by atoms with Gasteiger partial charge in [-0.15, -0.1) is 0 Å². The zero-order valence-electron chi connectivity index (χ0n) is 14.3. The molecular weight excluding hydrogens is 402 g/mol. The number of amides is 2. The summed E-state index contributed by atoms with van der Waals surface area (Å²) in [5.74, 6) is 0.517. The standard InChI is InChI=1S/C18H18BrN3O4/c1-11-20-16-8-3-12(19)9-15(16)18(24)22(11)21-17(23)10-26-14-6-4-13(25-2)5-7-14/h3-9,11,20H,10H2,1-2H3,(H,21,23). The topological polar surface area (TPSA) is 79.9 Å². The van der Waals surface area contributed by atoms with Crippen LogP contribution in [0.1, 0.15) is 17.3 Å². The van der Waals surface area contributed by atoms with Gasteiger partial charge in [-0.05, 0) is 49.4 Å². The average Bonchev–Trinajstić information content (AvgIpc) is 2.64. The van der Waals surface area contributed by atoms with Gasteiger partial charge in [0.05, 0.1) is 12.7 Å². The van der Waals surface area contributed by atoms with Crippen LogP contribution in [0.15, 0.2) is 46.9 Å². The molecule has 7 nitrogen and oxygen atoms in total. The quantitative estimate of drug-likeness (QED) is 0.778. The van der Waals surface area contributed by atoms with Gasteiger partial charge in [0.25, 0.3) is 11.8 Å². The fourth-order valence-corrected chi connectivity index (χ4v) is 2.91. The first-order valence-corrected chi connectivity index (χ1v) is 8.73. The number of hydrazine groups is 1. The molecule has 0 aromatic heterocycles. The van der Waals surface area contributed by atoms with E-state index in [9.17, 15) is 9.59 Å². The molecule has 1 atom stereocenters. The van der Waals surface area contributed by atoms with Crippen LogP contribution >= 0.6 is 15.9 Å². The van der Waals surface area contributed by atoms with E-state index in [1.165, 1.54) is 5.01 Å². The number of anilines is 1. The smallest absolute Gasteiger partial charge is 0.276 e. The number of carbonyl (C=O) groups excluding carboxylic acids is 2. The van der Waals surface area contributed by atoms with Gasteiger partial charge in [0.2, 0.25) is 0 Å². The molecule has 2 N–H and O–H groups in total. The first kappa shape index (κ1) is 18.1. The van der Waals surface area contributed by atoms with E-state index in [2.05, 4.69) is 26.7 Å². The molecule has 3 rings (SSSR count). The molecule has 0 saturated heterocycles. The summed E-state index contributed by atoms with van der Waals surface area (Å²) in [7, 11) is 1.57. The predicted molar refractivity (Wildman–Crippen MR) is 100 cm³/mol. The Kier molecular flexibility index (Phi) is 5.32. The van der Waals surface area contributed by atoms with Crippen LogP contribution in [-0.4, -0.2) is 36.7 Å². The normalized spacial score (nSPS) is 15.7. The zero-order chi connectivity index (χ0) is 18.7. The fraction of sp³-hybridized carbons (Fsp3) is 0.222. The molecule has 1 unspecified atom stereocenters. The summed E-state index contributed by atoms with van der Waals surface area (Å²) in [5, 5.41) is 4.43. The molecule has 1 aliphatic rings. The van der Waals surface area contributed by atoms with Crippen LogP contribution in [0.2, 0.25) is 0 Å². The highest BCUT2D eigenvalue weighted by Gasteiger charge is 2.30. The number of hydrogen-bond acceptors (Lipinski definition) is 5. The lowest BCUT2D eigenvalue weighted by atomic mass is 10.1. The van der Waals surface area contributed by atoms with Crippen molar-refractivity contribution < 1.29 is 19.1 Å². The molecule has 0 radical (unpaired) electrons. The van der Waals surface area contributed by atoms with Crippen LogP contribution in [0.25, 0.3) is 0 Å². The molecule has 1 heterocycles. The van der Waals surface area contributed by atoms with Crippen molar-refractivity contribution in [2.75, 3.05) is 19.0 Å². The summed E-state index contributed by atoms with van der Waals surface area (Å²) in [6.45, 7) is 1.57. The molecular formula is C18H18BrN3O4. The van der Waals surface area contributed by atoms with E-state index < -0.39 is 5.91 Å². The summed E-state index contributed by atoms with van der Waals surface area (Å²) >= 11 is 3.35. The summed E-state index contributed by atoms with van der Waals surface area (Å²) in [6.07, 6.45) is -0.388. The van der Waals surface area contributed by atoms with Crippen molar-refractivity contribution in [2.24, 2.45) is 0 Å². The van der Waals surface area contributed by atoms with Gasteiger partial charge >= 0.3 is 0 Å². The zero-order valence-corrected chi connectivity index (χ0v) is 15.9. The molecule has 26 heavy (non-hydrogen) atoms. The number of nitrogens with one attached hydrogen (secondary N) is 2. The van der Waals surface area contributed by atoms with Gasteiger partial charge in [-0.2, -0.15) is 0 Å². The number of nitrogens with zero attached hydrogens (tertiary/aromatic N) is 1. The van der Waals surface area contributed by atoms with E-state index in [4.69, 9.17) is 9.47 Å². The SMILES string of the molecule is COc1ccc(OCC(=O)NN2C(=O)c3cc(Br)ccc3NC2C)cc1. The fourth-order valence-electron chi connectivity index (χ4n) is 2.55. The maximum absolute atomic E-state index is 12.7. The molecule has 0 bridgehead atoms. The van der Waals surface area contributed by atoms with Crippen LogP contribution in [0, 0.1) is 0 Å². The lowest BCUT2D eigenvalue weighted by Crippen LogP contribution is -2.57. The third-order valence-electron chi connectivity index (χ3n) is 3.86. The molecule has 1 aliphatic heterocycles. The first-order valence-electron chi connectivity index (χ1n) is 7.94. The Hall–Kier alpha value is -2.74. The Bertz CT molecular complexity index is 826. The minimum Gasteiger partial charge on any atom is -0.497 e. The Morgan fingerprint density at radius 3 is 2.62 bits per heavy atom. The summed E-state index contributed by atoms with van der Waals surface area (Å²) < 4.78 is 11.3. The predicted octanol–water partition coefficient (Wildman–Crippen LogP) is 2.78. The average molecular weight is 420 g/mol. The second-order valence-electron chi connectivity index (χ2n) is 5.68. The van der Waals surface area contributed by atoms with Crippen LogP contribution in [0.3, 0.4) is 0 Å². The molecule has 0 fully saturated rings. The highest BCUT2D eigenvalue weighted by Crippen LogP contribution is 2.27. The largest absolute Gasteiger partial charge is 0.497 e.